The van der Waals surface area contributed by atoms with Crippen LogP contribution in [-0.4, -0.2) is 41.4 Å². The molecule has 2 atom stereocenters. The number of nitrogens with one attached hydrogen (secondary N) is 3. The average molecular weight is 386 g/mol. The molecule has 1 aliphatic heterocycles. The molecule has 3 rings (SSSR count). The van der Waals surface area contributed by atoms with Crippen LogP contribution in [0.1, 0.15) is 23.8 Å². The van der Waals surface area contributed by atoms with Crippen LogP contribution in [-0.2, 0) is 25.7 Å². The van der Waals surface area contributed by atoms with Crippen molar-refractivity contribution in [3.05, 3.63) is 53.9 Å². The smallest absolute Gasteiger partial charge is 0.408 e. The molecule has 28 heavy (non-hydrogen) atoms. The molecule has 146 valence electrons. The minimum Gasteiger partial charge on any atom is -0.445 e. The lowest BCUT2D eigenvalue weighted by Crippen LogP contribution is -2.55. The van der Waals surface area contributed by atoms with Crippen molar-refractivity contribution in [3.63, 3.8) is 0 Å². The summed E-state index contributed by atoms with van der Waals surface area (Å²) in [6.45, 7) is 0.272. The molecule has 0 radical (unpaired) electrons. The average Bonchev–Trinajstić information content (AvgIpc) is 3.23. The van der Waals surface area contributed by atoms with Crippen molar-refractivity contribution in [2.24, 2.45) is 0 Å². The summed E-state index contributed by atoms with van der Waals surface area (Å²) in [6.07, 6.45) is 0.706. The monoisotopic (exact) mass is 386 g/mol. The fourth-order valence-corrected chi connectivity index (χ4v) is 2.62. The first kappa shape index (κ1) is 19.1. The van der Waals surface area contributed by atoms with Gasteiger partial charge in [-0.25, -0.2) is 4.79 Å². The third-order valence-corrected chi connectivity index (χ3v) is 4.05. The highest BCUT2D eigenvalue weighted by molar-refractivity contribution is 6.39. The largest absolute Gasteiger partial charge is 0.445 e. The van der Waals surface area contributed by atoms with E-state index in [9.17, 15) is 19.2 Å². The third kappa shape index (κ3) is 4.72. The number of ketones is 1. The summed E-state index contributed by atoms with van der Waals surface area (Å²) in [7, 11) is 0. The van der Waals surface area contributed by atoms with E-state index in [4.69, 9.17) is 9.26 Å². The molecule has 10 nitrogen and oxygen atoms in total. The van der Waals surface area contributed by atoms with Crippen LogP contribution in [0.3, 0.4) is 0 Å². The zero-order valence-corrected chi connectivity index (χ0v) is 14.7. The highest BCUT2D eigenvalue weighted by Crippen LogP contribution is 2.14. The van der Waals surface area contributed by atoms with Crippen LogP contribution < -0.4 is 16.0 Å². The number of carbonyl (C=O) groups excluding carboxylic acids is 4. The van der Waals surface area contributed by atoms with Gasteiger partial charge in [0.05, 0.1) is 12.2 Å². The fourth-order valence-electron chi connectivity index (χ4n) is 2.62. The Labute approximate surface area is 159 Å². The van der Waals surface area contributed by atoms with Crippen molar-refractivity contribution < 1.29 is 28.4 Å². The summed E-state index contributed by atoms with van der Waals surface area (Å²) >= 11 is 0. The van der Waals surface area contributed by atoms with E-state index in [1.807, 2.05) is 6.07 Å². The van der Waals surface area contributed by atoms with Gasteiger partial charge < -0.3 is 25.2 Å². The first-order chi connectivity index (χ1) is 13.5. The van der Waals surface area contributed by atoms with Crippen LogP contribution in [0, 0.1) is 0 Å². The highest BCUT2D eigenvalue weighted by atomic mass is 16.5. The van der Waals surface area contributed by atoms with Crippen molar-refractivity contribution in [2.75, 3.05) is 6.54 Å². The van der Waals surface area contributed by atoms with E-state index >= 15 is 0 Å². The Morgan fingerprint density at radius 1 is 1.25 bits per heavy atom. The van der Waals surface area contributed by atoms with Gasteiger partial charge in [0.15, 0.2) is 11.8 Å². The maximum absolute atomic E-state index is 12.6. The number of amides is 3. The van der Waals surface area contributed by atoms with Gasteiger partial charge >= 0.3 is 6.09 Å². The second-order valence-corrected chi connectivity index (χ2v) is 6.02. The van der Waals surface area contributed by atoms with Crippen molar-refractivity contribution in [2.45, 2.75) is 25.1 Å². The molecule has 1 aliphatic rings. The summed E-state index contributed by atoms with van der Waals surface area (Å²) in [6, 6.07) is 8.16. The van der Waals surface area contributed by atoms with Crippen LogP contribution >= 0.6 is 0 Å². The molecule has 0 saturated carbocycles. The van der Waals surface area contributed by atoms with E-state index in [2.05, 4.69) is 21.1 Å². The number of alkyl carbamates (subject to hydrolysis) is 1. The van der Waals surface area contributed by atoms with Crippen LogP contribution in [0.25, 0.3) is 0 Å². The molecule has 3 N–H and O–H groups in total. The lowest BCUT2D eigenvalue weighted by Gasteiger charge is -2.24. The lowest BCUT2D eigenvalue weighted by atomic mass is 10.0. The van der Waals surface area contributed by atoms with Gasteiger partial charge in [0, 0.05) is 12.6 Å². The number of hydrogen-bond acceptors (Lipinski definition) is 7. The van der Waals surface area contributed by atoms with Crippen molar-refractivity contribution in [1.82, 2.24) is 21.1 Å². The highest BCUT2D eigenvalue weighted by Gasteiger charge is 2.34. The first-order valence-electron chi connectivity index (χ1n) is 8.55. The Morgan fingerprint density at radius 3 is 2.75 bits per heavy atom. The maximum atomic E-state index is 12.6. The molecule has 2 heterocycles. The van der Waals surface area contributed by atoms with Gasteiger partial charge in [-0.2, -0.15) is 0 Å². The van der Waals surface area contributed by atoms with E-state index in [1.165, 1.54) is 12.3 Å². The molecule has 0 bridgehead atoms. The minimum absolute atomic E-state index is 0.0126. The lowest BCUT2D eigenvalue weighted by molar-refractivity contribution is -0.142. The van der Waals surface area contributed by atoms with E-state index in [0.717, 1.165) is 5.56 Å². The topological polar surface area (TPSA) is 140 Å². The molecule has 1 saturated heterocycles. The molecule has 3 amide bonds. The number of Topliss-reactive ketones (excluding diaryl/α,β-unsaturated/α-hetero) is 1. The molecule has 1 fully saturated rings. The number of ether oxygens (including phenoxy) is 1. The van der Waals surface area contributed by atoms with Crippen LogP contribution in [0.5, 0.6) is 0 Å². The summed E-state index contributed by atoms with van der Waals surface area (Å²) < 4.78 is 10.1. The number of rotatable bonds is 6. The van der Waals surface area contributed by atoms with Crippen LogP contribution in [0.15, 0.2) is 47.1 Å². The molecular weight excluding hydrogens is 368 g/mol. The fraction of sp³-hybridized carbons (Fsp3) is 0.278. The Balaban J connectivity index is 1.64. The molecule has 2 aromatic rings. The minimum atomic E-state index is -1.27. The summed E-state index contributed by atoms with van der Waals surface area (Å²) in [5.41, 5.74) is 0.775. The van der Waals surface area contributed by atoms with Gasteiger partial charge in [-0.1, -0.05) is 35.5 Å². The molecule has 1 aromatic heterocycles. The molecule has 1 aromatic carbocycles. The number of aromatic nitrogens is 1. The number of hydrogen-bond donors (Lipinski definition) is 3. The number of nitrogens with zero attached hydrogens (tertiary/aromatic N) is 1. The van der Waals surface area contributed by atoms with Gasteiger partial charge in [0.2, 0.25) is 5.78 Å². The summed E-state index contributed by atoms with van der Waals surface area (Å²) in [5.74, 6) is -2.17. The second kappa shape index (κ2) is 8.80. The number of piperidine rings is 1. The van der Waals surface area contributed by atoms with Crippen LogP contribution in [0.4, 0.5) is 4.79 Å². The molecule has 0 spiro atoms. The van der Waals surface area contributed by atoms with Crippen LogP contribution in [0.2, 0.25) is 0 Å². The summed E-state index contributed by atoms with van der Waals surface area (Å²) in [5, 5.41) is 10.8. The quantitative estimate of drug-likeness (QED) is 0.603. The number of carbonyl (C=O) groups is 4. The van der Waals surface area contributed by atoms with E-state index in [0.29, 0.717) is 0 Å². The first-order valence-corrected chi connectivity index (χ1v) is 8.55. The van der Waals surface area contributed by atoms with Gasteiger partial charge in [0.25, 0.3) is 11.8 Å². The van der Waals surface area contributed by atoms with Crippen molar-refractivity contribution in [3.8, 4) is 0 Å². The normalized spacial score (nSPS) is 17.4. The van der Waals surface area contributed by atoms with Crippen molar-refractivity contribution in [1.29, 1.82) is 0 Å². The van der Waals surface area contributed by atoms with Gasteiger partial charge in [-0.15, -0.1) is 0 Å². The summed E-state index contributed by atoms with van der Waals surface area (Å²) in [4.78, 5) is 48.1. The Morgan fingerprint density at radius 2 is 2.04 bits per heavy atom. The Kier molecular flexibility index (Phi) is 6.00. The van der Waals surface area contributed by atoms with E-state index in [1.54, 1.807) is 24.3 Å². The standard InChI is InChI=1S/C18H18N4O6/c23-15-12(6-8-19-17(15)25)21-16(24)14(13-7-9-20-28-13)22-18(26)27-10-11-4-2-1-3-5-11/h1-5,7,9,12,14H,6,8,10H2,(H,19,25)(H,21,24)(H,22,26). The van der Waals surface area contributed by atoms with Crippen molar-refractivity contribution >= 4 is 23.7 Å². The van der Waals surface area contributed by atoms with E-state index < -0.39 is 35.8 Å². The second-order valence-electron chi connectivity index (χ2n) is 6.02. The molecule has 2 unspecified atom stereocenters. The maximum Gasteiger partial charge on any atom is 0.408 e. The van der Waals surface area contributed by atoms with Gasteiger partial charge in [-0.3, -0.25) is 14.4 Å². The van der Waals surface area contributed by atoms with Gasteiger partial charge in [0.1, 0.15) is 6.61 Å². The third-order valence-electron chi connectivity index (χ3n) is 4.05. The zero-order chi connectivity index (χ0) is 19.9. The van der Waals surface area contributed by atoms with Gasteiger partial charge in [-0.05, 0) is 12.0 Å². The molecule has 10 heteroatoms. The molecular formula is C18H18N4O6. The Bertz CT molecular complexity index is 852. The SMILES string of the molecule is O=C(NC(C(=O)NC1CCNC(=O)C1=O)c1ccno1)OCc1ccccc1. The predicted octanol–water partition coefficient (Wildman–Crippen LogP) is 0.216. The predicted molar refractivity (Wildman–Crippen MR) is 93.6 cm³/mol. The van der Waals surface area contributed by atoms with E-state index in [-0.39, 0.29) is 25.3 Å². The molecule has 0 aliphatic carbocycles. The number of benzene rings is 1. The Hall–Kier alpha value is -3.69. The zero-order valence-electron chi connectivity index (χ0n) is 14.7.